The lowest BCUT2D eigenvalue weighted by molar-refractivity contribution is 0.303. The zero-order valence-electron chi connectivity index (χ0n) is 11.3. The summed E-state index contributed by atoms with van der Waals surface area (Å²) in [6, 6.07) is 15.2. The van der Waals surface area contributed by atoms with E-state index in [9.17, 15) is 0 Å². The maximum atomic E-state index is 8.77. The summed E-state index contributed by atoms with van der Waals surface area (Å²) >= 11 is 0. The van der Waals surface area contributed by atoms with Crippen LogP contribution in [0, 0.1) is 11.8 Å². The van der Waals surface area contributed by atoms with Crippen LogP contribution in [0.5, 0.6) is 11.5 Å². The molecule has 0 aliphatic heterocycles. The van der Waals surface area contributed by atoms with Crippen molar-refractivity contribution >= 4 is 0 Å². The SMILES string of the molecule is COc1cccc(OCc2ccccc2C#CCO)c1. The minimum absolute atomic E-state index is 0.148. The number of methoxy groups -OCH3 is 1. The van der Waals surface area contributed by atoms with Gasteiger partial charge in [-0.3, -0.25) is 0 Å². The van der Waals surface area contributed by atoms with Gasteiger partial charge in [0.05, 0.1) is 7.11 Å². The topological polar surface area (TPSA) is 38.7 Å². The van der Waals surface area contributed by atoms with Gasteiger partial charge in [-0.05, 0) is 18.2 Å². The quantitative estimate of drug-likeness (QED) is 0.866. The molecule has 3 heteroatoms. The molecule has 0 aliphatic carbocycles. The molecule has 1 N–H and O–H groups in total. The fraction of sp³-hybridized carbons (Fsp3) is 0.176. The minimum atomic E-state index is -0.148. The van der Waals surface area contributed by atoms with Crippen molar-refractivity contribution in [3.05, 3.63) is 59.7 Å². The lowest BCUT2D eigenvalue weighted by Crippen LogP contribution is -1.98. The van der Waals surface area contributed by atoms with Crippen LogP contribution in [-0.2, 0) is 6.61 Å². The van der Waals surface area contributed by atoms with E-state index in [4.69, 9.17) is 14.6 Å². The third kappa shape index (κ3) is 3.78. The number of aliphatic hydroxyl groups is 1. The Morgan fingerprint density at radius 3 is 2.65 bits per heavy atom. The van der Waals surface area contributed by atoms with Crippen molar-refractivity contribution in [2.45, 2.75) is 6.61 Å². The van der Waals surface area contributed by atoms with Gasteiger partial charge in [0.15, 0.2) is 0 Å². The summed E-state index contributed by atoms with van der Waals surface area (Å²) in [5.74, 6) is 7.07. The second-order valence-corrected chi connectivity index (χ2v) is 4.08. The Hall–Kier alpha value is -2.44. The maximum Gasteiger partial charge on any atom is 0.123 e. The highest BCUT2D eigenvalue weighted by Crippen LogP contribution is 2.20. The molecule has 0 heterocycles. The van der Waals surface area contributed by atoms with Gasteiger partial charge in [-0.2, -0.15) is 0 Å². The third-order valence-electron chi connectivity index (χ3n) is 2.76. The van der Waals surface area contributed by atoms with Crippen molar-refractivity contribution in [3.63, 3.8) is 0 Å². The Labute approximate surface area is 118 Å². The van der Waals surface area contributed by atoms with E-state index in [1.54, 1.807) is 7.11 Å². The third-order valence-corrected chi connectivity index (χ3v) is 2.76. The molecule has 0 unspecified atom stereocenters. The summed E-state index contributed by atoms with van der Waals surface area (Å²) in [4.78, 5) is 0. The van der Waals surface area contributed by atoms with Gasteiger partial charge < -0.3 is 14.6 Å². The summed E-state index contributed by atoms with van der Waals surface area (Å²) in [6.45, 7) is 0.272. The molecule has 2 rings (SSSR count). The Bertz CT molecular complexity index is 623. The highest BCUT2D eigenvalue weighted by Gasteiger charge is 2.01. The van der Waals surface area contributed by atoms with Crippen molar-refractivity contribution in [1.29, 1.82) is 0 Å². The first-order valence-corrected chi connectivity index (χ1v) is 6.28. The van der Waals surface area contributed by atoms with E-state index < -0.39 is 0 Å². The molecule has 0 aliphatic rings. The second-order valence-electron chi connectivity index (χ2n) is 4.08. The molecule has 3 nitrogen and oxygen atoms in total. The molecular weight excluding hydrogens is 252 g/mol. The van der Waals surface area contributed by atoms with E-state index >= 15 is 0 Å². The molecule has 0 aromatic heterocycles. The Morgan fingerprint density at radius 1 is 1.05 bits per heavy atom. The lowest BCUT2D eigenvalue weighted by Gasteiger charge is -2.09. The van der Waals surface area contributed by atoms with Gasteiger partial charge in [0.25, 0.3) is 0 Å². The van der Waals surface area contributed by atoms with Crippen LogP contribution in [0.3, 0.4) is 0 Å². The average molecular weight is 268 g/mol. The van der Waals surface area contributed by atoms with Crippen LogP contribution in [0.2, 0.25) is 0 Å². The lowest BCUT2D eigenvalue weighted by atomic mass is 10.1. The van der Waals surface area contributed by atoms with Crippen molar-refractivity contribution in [2.24, 2.45) is 0 Å². The zero-order valence-corrected chi connectivity index (χ0v) is 11.3. The van der Waals surface area contributed by atoms with Gasteiger partial charge in [0, 0.05) is 17.2 Å². The van der Waals surface area contributed by atoms with Crippen LogP contribution in [0.25, 0.3) is 0 Å². The monoisotopic (exact) mass is 268 g/mol. The number of rotatable bonds is 4. The number of aliphatic hydroxyl groups excluding tert-OH is 1. The zero-order chi connectivity index (χ0) is 14.2. The smallest absolute Gasteiger partial charge is 0.123 e. The molecule has 0 bridgehead atoms. The number of benzene rings is 2. The Balaban J connectivity index is 2.10. The first-order valence-electron chi connectivity index (χ1n) is 6.28. The summed E-state index contributed by atoms with van der Waals surface area (Å²) in [5.41, 5.74) is 1.85. The summed E-state index contributed by atoms with van der Waals surface area (Å²) in [5, 5.41) is 8.77. The van der Waals surface area contributed by atoms with Crippen LogP contribution < -0.4 is 9.47 Å². The molecule has 0 spiro atoms. The van der Waals surface area contributed by atoms with E-state index in [2.05, 4.69) is 11.8 Å². The van der Waals surface area contributed by atoms with Gasteiger partial charge in [-0.1, -0.05) is 36.1 Å². The molecule has 2 aromatic carbocycles. The Kier molecular flexibility index (Phi) is 5.05. The normalized spacial score (nSPS) is 9.50. The summed E-state index contributed by atoms with van der Waals surface area (Å²) in [7, 11) is 1.62. The summed E-state index contributed by atoms with van der Waals surface area (Å²) < 4.78 is 10.9. The predicted molar refractivity (Wildman–Crippen MR) is 77.7 cm³/mol. The number of hydrogen-bond donors (Lipinski definition) is 1. The van der Waals surface area contributed by atoms with Crippen molar-refractivity contribution < 1.29 is 14.6 Å². The fourth-order valence-corrected chi connectivity index (χ4v) is 1.75. The number of ether oxygens (including phenoxy) is 2. The fourth-order valence-electron chi connectivity index (χ4n) is 1.75. The van der Waals surface area contributed by atoms with Gasteiger partial charge in [-0.25, -0.2) is 0 Å². The Morgan fingerprint density at radius 2 is 1.85 bits per heavy atom. The minimum Gasteiger partial charge on any atom is -0.497 e. The first-order chi connectivity index (χ1) is 9.83. The molecule has 0 saturated heterocycles. The van der Waals surface area contributed by atoms with Crippen LogP contribution in [0.4, 0.5) is 0 Å². The molecule has 0 amide bonds. The van der Waals surface area contributed by atoms with Gasteiger partial charge >= 0.3 is 0 Å². The van der Waals surface area contributed by atoms with Gasteiger partial charge in [0.2, 0.25) is 0 Å². The van der Waals surface area contributed by atoms with E-state index in [0.717, 1.165) is 22.6 Å². The standard InChI is InChI=1S/C17H16O3/c1-19-16-9-4-10-17(12-16)20-13-15-7-3-2-6-14(15)8-5-11-18/h2-4,6-7,9-10,12,18H,11,13H2,1H3. The highest BCUT2D eigenvalue weighted by molar-refractivity contribution is 5.41. The van der Waals surface area contributed by atoms with E-state index in [0.29, 0.717) is 6.61 Å². The second kappa shape index (κ2) is 7.22. The van der Waals surface area contributed by atoms with E-state index in [-0.39, 0.29) is 6.61 Å². The highest BCUT2D eigenvalue weighted by atomic mass is 16.5. The molecular formula is C17H16O3. The maximum absolute atomic E-state index is 8.77. The molecule has 0 atom stereocenters. The molecule has 0 saturated carbocycles. The van der Waals surface area contributed by atoms with Crippen molar-refractivity contribution in [2.75, 3.05) is 13.7 Å². The molecule has 0 radical (unpaired) electrons. The number of hydrogen-bond acceptors (Lipinski definition) is 3. The first kappa shape index (κ1) is 14.0. The molecule has 20 heavy (non-hydrogen) atoms. The predicted octanol–water partition coefficient (Wildman–Crippen LogP) is 2.62. The van der Waals surface area contributed by atoms with Crippen LogP contribution in [0.1, 0.15) is 11.1 Å². The van der Waals surface area contributed by atoms with Crippen LogP contribution >= 0.6 is 0 Å². The largest absolute Gasteiger partial charge is 0.497 e. The van der Waals surface area contributed by atoms with Crippen molar-refractivity contribution in [1.82, 2.24) is 0 Å². The average Bonchev–Trinajstić information content (AvgIpc) is 2.52. The van der Waals surface area contributed by atoms with Crippen LogP contribution in [-0.4, -0.2) is 18.8 Å². The van der Waals surface area contributed by atoms with Crippen LogP contribution in [0.15, 0.2) is 48.5 Å². The van der Waals surface area contributed by atoms with E-state index in [1.165, 1.54) is 0 Å². The summed E-state index contributed by atoms with van der Waals surface area (Å²) in [6.07, 6.45) is 0. The van der Waals surface area contributed by atoms with E-state index in [1.807, 2.05) is 48.5 Å². The molecule has 2 aromatic rings. The van der Waals surface area contributed by atoms with Gasteiger partial charge in [-0.15, -0.1) is 0 Å². The molecule has 102 valence electrons. The van der Waals surface area contributed by atoms with Gasteiger partial charge in [0.1, 0.15) is 24.7 Å². The van der Waals surface area contributed by atoms with Crippen molar-refractivity contribution in [3.8, 4) is 23.3 Å². The molecule has 0 fully saturated rings.